The first-order chi connectivity index (χ1) is 23.1. The van der Waals surface area contributed by atoms with Crippen molar-refractivity contribution in [3.63, 3.8) is 0 Å². The maximum atomic E-state index is 14.4. The van der Waals surface area contributed by atoms with Gasteiger partial charge in [-0.25, -0.2) is 0 Å². The number of benzene rings is 4. The van der Waals surface area contributed by atoms with Crippen molar-refractivity contribution >= 4 is 24.6 Å². The summed E-state index contributed by atoms with van der Waals surface area (Å²) < 4.78 is 24.0. The molecule has 1 amide bonds. The summed E-state index contributed by atoms with van der Waals surface area (Å²) in [7, 11) is 0.442. The van der Waals surface area contributed by atoms with Crippen LogP contribution < -0.4 is 19.8 Å². The van der Waals surface area contributed by atoms with Crippen molar-refractivity contribution in [2.24, 2.45) is 0 Å². The lowest BCUT2D eigenvalue weighted by atomic mass is 9.87. The molecular formula is C40H44N2O5Si. The third-order valence-electron chi connectivity index (χ3n) is 9.42. The third kappa shape index (κ3) is 6.18. The van der Waals surface area contributed by atoms with Gasteiger partial charge in [0.1, 0.15) is 17.3 Å². The standard InChI is InChI=1S/C40H44N2O5Si/c1-27-38(28(2)47-41-27)36-22-30(26-46-48(40(3,4)5,33-14-10-8-11-15-33)34-16-12-9-13-17-34)23-37-35(36)18-19-42(39(37)43)25-29-20-31(44-6)24-32(21-29)45-7/h8-17,20-24H,18-19,25-26H2,1-7H3. The van der Waals surface area contributed by atoms with Crippen molar-refractivity contribution in [2.45, 2.75) is 59.2 Å². The zero-order valence-electron chi connectivity index (χ0n) is 28.9. The molecule has 5 aromatic rings. The van der Waals surface area contributed by atoms with Crippen LogP contribution in [0.1, 0.15) is 59.3 Å². The van der Waals surface area contributed by atoms with Crippen molar-refractivity contribution in [2.75, 3.05) is 20.8 Å². The Morgan fingerprint density at radius 2 is 1.40 bits per heavy atom. The van der Waals surface area contributed by atoms with E-state index in [1.807, 2.05) is 43.0 Å². The summed E-state index contributed by atoms with van der Waals surface area (Å²) in [6.07, 6.45) is 0.706. The molecule has 0 fully saturated rings. The van der Waals surface area contributed by atoms with E-state index in [1.165, 1.54) is 10.4 Å². The van der Waals surface area contributed by atoms with E-state index >= 15 is 0 Å². The monoisotopic (exact) mass is 660 g/mol. The lowest BCUT2D eigenvalue weighted by Gasteiger charge is -2.43. The minimum Gasteiger partial charge on any atom is -0.497 e. The molecular weight excluding hydrogens is 617 g/mol. The van der Waals surface area contributed by atoms with Gasteiger partial charge in [0, 0.05) is 30.3 Å². The second kappa shape index (κ2) is 13.5. The van der Waals surface area contributed by atoms with E-state index in [2.05, 4.69) is 92.7 Å². The maximum absolute atomic E-state index is 14.4. The summed E-state index contributed by atoms with van der Waals surface area (Å²) in [4.78, 5) is 16.3. The van der Waals surface area contributed by atoms with E-state index in [9.17, 15) is 4.79 Å². The van der Waals surface area contributed by atoms with Crippen LogP contribution in [0.4, 0.5) is 0 Å². The number of nitrogens with zero attached hydrogens (tertiary/aromatic N) is 2. The number of methoxy groups -OCH3 is 2. The molecule has 1 aliphatic heterocycles. The quantitative estimate of drug-likeness (QED) is 0.147. The number of carbonyl (C=O) groups excluding carboxylic acids is 1. The Bertz CT molecular complexity index is 1830. The van der Waals surface area contributed by atoms with E-state index in [-0.39, 0.29) is 10.9 Å². The Balaban J connectivity index is 1.43. The number of aromatic nitrogens is 1. The molecule has 0 saturated heterocycles. The highest BCUT2D eigenvalue weighted by molar-refractivity contribution is 6.99. The average Bonchev–Trinajstić information content (AvgIpc) is 3.43. The molecule has 1 aromatic heterocycles. The molecule has 8 heteroatoms. The minimum absolute atomic E-state index is 0.0154. The minimum atomic E-state index is -2.82. The highest BCUT2D eigenvalue weighted by atomic mass is 28.4. The second-order valence-electron chi connectivity index (χ2n) is 13.5. The molecule has 0 radical (unpaired) electrons. The first-order valence-electron chi connectivity index (χ1n) is 16.4. The summed E-state index contributed by atoms with van der Waals surface area (Å²) in [6, 6.07) is 31.2. The average molecular weight is 661 g/mol. The number of rotatable bonds is 10. The van der Waals surface area contributed by atoms with Gasteiger partial charge in [0.25, 0.3) is 14.2 Å². The van der Waals surface area contributed by atoms with Crippen molar-refractivity contribution < 1.29 is 23.2 Å². The van der Waals surface area contributed by atoms with Crippen LogP contribution in [0.2, 0.25) is 5.04 Å². The number of carbonyl (C=O) groups is 1. The number of hydrogen-bond donors (Lipinski definition) is 0. The molecule has 4 aromatic carbocycles. The fourth-order valence-corrected chi connectivity index (χ4v) is 11.7. The SMILES string of the molecule is COc1cc(CN2CCc3c(cc(CO[Si](c4ccccc4)(c4ccccc4)C(C)(C)C)cc3-c3c(C)noc3C)C2=O)cc(OC)c1. The van der Waals surface area contributed by atoms with Gasteiger partial charge in [-0.15, -0.1) is 0 Å². The molecule has 0 unspecified atom stereocenters. The van der Waals surface area contributed by atoms with E-state index in [4.69, 9.17) is 18.4 Å². The summed E-state index contributed by atoms with van der Waals surface area (Å²) in [5.41, 5.74) is 6.32. The van der Waals surface area contributed by atoms with Crippen LogP contribution in [0.3, 0.4) is 0 Å². The number of hydrogen-bond acceptors (Lipinski definition) is 6. The predicted octanol–water partition coefficient (Wildman–Crippen LogP) is 7.25. The number of aryl methyl sites for hydroxylation is 2. The summed E-state index contributed by atoms with van der Waals surface area (Å²) in [6.45, 7) is 12.1. The first kappa shape index (κ1) is 33.2. The largest absolute Gasteiger partial charge is 0.497 e. The van der Waals surface area contributed by atoms with E-state index < -0.39 is 8.32 Å². The Morgan fingerprint density at radius 3 is 1.92 bits per heavy atom. The molecule has 6 rings (SSSR count). The Labute approximate surface area is 284 Å². The molecule has 0 bridgehead atoms. The van der Waals surface area contributed by atoms with Crippen molar-refractivity contribution in [3.8, 4) is 22.6 Å². The lowest BCUT2D eigenvalue weighted by Crippen LogP contribution is -2.66. The van der Waals surface area contributed by atoms with Crippen LogP contribution in [0, 0.1) is 13.8 Å². The Hall–Kier alpha value is -4.66. The van der Waals surface area contributed by atoms with Crippen LogP contribution in [-0.2, 0) is 24.0 Å². The van der Waals surface area contributed by atoms with Gasteiger partial charge in [0.2, 0.25) is 0 Å². The molecule has 7 nitrogen and oxygen atoms in total. The molecule has 2 heterocycles. The number of fused-ring (bicyclic) bond motifs is 1. The summed E-state index contributed by atoms with van der Waals surface area (Å²) >= 11 is 0. The van der Waals surface area contributed by atoms with E-state index in [0.29, 0.717) is 43.2 Å². The van der Waals surface area contributed by atoms with Crippen LogP contribution >= 0.6 is 0 Å². The van der Waals surface area contributed by atoms with Crippen LogP contribution in [0.15, 0.2) is 95.5 Å². The van der Waals surface area contributed by atoms with Gasteiger partial charge in [-0.05, 0) is 82.2 Å². The Kier molecular flexibility index (Phi) is 9.32. The van der Waals surface area contributed by atoms with Gasteiger partial charge in [-0.2, -0.15) is 0 Å². The maximum Gasteiger partial charge on any atom is 0.261 e. The van der Waals surface area contributed by atoms with Gasteiger partial charge >= 0.3 is 0 Å². The first-order valence-corrected chi connectivity index (χ1v) is 18.3. The molecule has 0 aliphatic carbocycles. The predicted molar refractivity (Wildman–Crippen MR) is 192 cm³/mol. The van der Waals surface area contributed by atoms with Crippen molar-refractivity contribution in [1.29, 1.82) is 0 Å². The van der Waals surface area contributed by atoms with Gasteiger partial charge in [0.15, 0.2) is 0 Å². The molecule has 0 spiro atoms. The van der Waals surface area contributed by atoms with Crippen LogP contribution in [0.25, 0.3) is 11.1 Å². The third-order valence-corrected chi connectivity index (χ3v) is 14.4. The fourth-order valence-electron chi connectivity index (χ4n) is 7.17. The molecule has 0 atom stereocenters. The molecule has 0 N–H and O–H groups in total. The topological polar surface area (TPSA) is 74.0 Å². The number of ether oxygens (including phenoxy) is 2. The summed E-state index contributed by atoms with van der Waals surface area (Å²) in [5, 5.41) is 6.51. The van der Waals surface area contributed by atoms with Crippen molar-refractivity contribution in [3.05, 3.63) is 125 Å². The van der Waals surface area contributed by atoms with E-state index in [0.717, 1.165) is 39.3 Å². The molecule has 0 saturated carbocycles. The highest BCUT2D eigenvalue weighted by Crippen LogP contribution is 2.39. The lowest BCUT2D eigenvalue weighted by molar-refractivity contribution is 0.0726. The fraction of sp³-hybridized carbons (Fsp3) is 0.300. The van der Waals surface area contributed by atoms with Gasteiger partial charge in [0.05, 0.1) is 26.5 Å². The smallest absolute Gasteiger partial charge is 0.261 e. The zero-order valence-corrected chi connectivity index (χ0v) is 29.9. The number of amides is 1. The van der Waals surface area contributed by atoms with Crippen LogP contribution in [0.5, 0.6) is 11.5 Å². The molecule has 248 valence electrons. The van der Waals surface area contributed by atoms with E-state index in [1.54, 1.807) is 14.2 Å². The van der Waals surface area contributed by atoms with Gasteiger partial charge in [-0.1, -0.05) is 86.6 Å². The second-order valence-corrected chi connectivity index (χ2v) is 17.8. The Morgan fingerprint density at radius 1 is 0.812 bits per heavy atom. The summed E-state index contributed by atoms with van der Waals surface area (Å²) in [5.74, 6) is 2.10. The van der Waals surface area contributed by atoms with Crippen LogP contribution in [-0.4, -0.2) is 45.0 Å². The molecule has 48 heavy (non-hydrogen) atoms. The van der Waals surface area contributed by atoms with Crippen molar-refractivity contribution in [1.82, 2.24) is 10.1 Å². The normalized spacial score (nSPS) is 13.4. The zero-order chi connectivity index (χ0) is 34.1. The highest BCUT2D eigenvalue weighted by Gasteiger charge is 2.50. The van der Waals surface area contributed by atoms with Gasteiger partial charge < -0.3 is 23.3 Å². The molecule has 1 aliphatic rings. The van der Waals surface area contributed by atoms with Gasteiger partial charge in [-0.3, -0.25) is 4.79 Å².